The predicted molar refractivity (Wildman–Crippen MR) is 100 cm³/mol. The van der Waals surface area contributed by atoms with Crippen LogP contribution in [0, 0.1) is 0 Å². The molecule has 0 fully saturated rings. The van der Waals surface area contributed by atoms with Crippen molar-refractivity contribution >= 4 is 23.3 Å². The van der Waals surface area contributed by atoms with Gasteiger partial charge in [-0.25, -0.2) is 0 Å². The van der Waals surface area contributed by atoms with E-state index in [-0.39, 0.29) is 0 Å². The number of benzene rings is 3. The highest BCUT2D eigenvalue weighted by Gasteiger charge is 2.02. The first-order valence-corrected chi connectivity index (χ1v) is 7.95. The van der Waals surface area contributed by atoms with Gasteiger partial charge in [-0.05, 0) is 34.4 Å². The molecule has 0 saturated carbocycles. The Morgan fingerprint density at radius 1 is 0.652 bits per heavy atom. The summed E-state index contributed by atoms with van der Waals surface area (Å²) in [5.41, 5.74) is 4.75. The van der Waals surface area contributed by atoms with E-state index >= 15 is 0 Å². The van der Waals surface area contributed by atoms with Gasteiger partial charge in [0.15, 0.2) is 0 Å². The average Bonchev–Trinajstić information content (AvgIpc) is 2.62. The Morgan fingerprint density at radius 2 is 1.17 bits per heavy atom. The van der Waals surface area contributed by atoms with E-state index in [0.29, 0.717) is 0 Å². The zero-order valence-corrected chi connectivity index (χ0v) is 13.4. The standard InChI is InChI=1S/C22H17Cl/c23-21-16-14-18(15-17-21)8-7-13-22(19-9-3-1-4-10-19)20-11-5-2-6-12-20/h1-17H/b8-7+. The second-order valence-corrected chi connectivity index (χ2v) is 5.66. The molecule has 0 aliphatic heterocycles. The first kappa shape index (κ1) is 15.3. The Hall–Kier alpha value is -2.57. The van der Waals surface area contributed by atoms with Crippen LogP contribution in [0.3, 0.4) is 0 Å². The molecule has 0 aliphatic rings. The molecule has 0 amide bonds. The summed E-state index contributed by atoms with van der Waals surface area (Å²) in [5, 5.41) is 0.756. The van der Waals surface area contributed by atoms with Gasteiger partial charge in [-0.15, -0.1) is 0 Å². The van der Waals surface area contributed by atoms with Crippen LogP contribution in [-0.2, 0) is 0 Å². The summed E-state index contributed by atoms with van der Waals surface area (Å²) in [6.45, 7) is 0. The minimum absolute atomic E-state index is 0.756. The lowest BCUT2D eigenvalue weighted by molar-refractivity contribution is 1.55. The Morgan fingerprint density at radius 3 is 1.70 bits per heavy atom. The number of hydrogen-bond acceptors (Lipinski definition) is 0. The van der Waals surface area contributed by atoms with Crippen LogP contribution >= 0.6 is 11.6 Å². The third-order valence-corrected chi connectivity index (χ3v) is 3.84. The number of rotatable bonds is 4. The molecule has 3 aromatic rings. The van der Waals surface area contributed by atoms with Gasteiger partial charge in [0.1, 0.15) is 0 Å². The highest BCUT2D eigenvalue weighted by Crippen LogP contribution is 2.23. The molecule has 112 valence electrons. The molecule has 0 unspecified atom stereocenters. The fraction of sp³-hybridized carbons (Fsp3) is 0. The van der Waals surface area contributed by atoms with Crippen molar-refractivity contribution in [1.29, 1.82) is 0 Å². The van der Waals surface area contributed by atoms with Gasteiger partial charge in [0.2, 0.25) is 0 Å². The van der Waals surface area contributed by atoms with Crippen LogP contribution in [0.5, 0.6) is 0 Å². The van der Waals surface area contributed by atoms with Gasteiger partial charge in [-0.2, -0.15) is 0 Å². The lowest BCUT2D eigenvalue weighted by Gasteiger charge is -2.07. The van der Waals surface area contributed by atoms with Gasteiger partial charge >= 0.3 is 0 Å². The van der Waals surface area contributed by atoms with Crippen molar-refractivity contribution in [2.45, 2.75) is 0 Å². The molecule has 0 atom stereocenters. The number of allylic oxidation sites excluding steroid dienone is 2. The molecule has 23 heavy (non-hydrogen) atoms. The van der Waals surface area contributed by atoms with E-state index in [2.05, 4.69) is 66.8 Å². The maximum Gasteiger partial charge on any atom is 0.0406 e. The largest absolute Gasteiger partial charge is 0.0843 e. The topological polar surface area (TPSA) is 0 Å². The van der Waals surface area contributed by atoms with Gasteiger partial charge in [-0.1, -0.05) is 103 Å². The van der Waals surface area contributed by atoms with Crippen molar-refractivity contribution in [1.82, 2.24) is 0 Å². The quantitative estimate of drug-likeness (QED) is 0.483. The van der Waals surface area contributed by atoms with Crippen molar-refractivity contribution in [2.24, 2.45) is 0 Å². The highest BCUT2D eigenvalue weighted by atomic mass is 35.5. The molecule has 1 heteroatoms. The second kappa shape index (κ2) is 7.62. The third-order valence-electron chi connectivity index (χ3n) is 3.59. The van der Waals surface area contributed by atoms with E-state index in [1.54, 1.807) is 0 Å². The van der Waals surface area contributed by atoms with E-state index < -0.39 is 0 Å². The fourth-order valence-electron chi connectivity index (χ4n) is 2.42. The molecule has 0 bridgehead atoms. The van der Waals surface area contributed by atoms with E-state index in [1.165, 1.54) is 16.7 Å². The lowest BCUT2D eigenvalue weighted by Crippen LogP contribution is -1.86. The molecule has 0 aromatic heterocycles. The normalized spacial score (nSPS) is 10.7. The van der Waals surface area contributed by atoms with Crippen molar-refractivity contribution in [3.63, 3.8) is 0 Å². The first-order chi connectivity index (χ1) is 11.3. The summed E-state index contributed by atoms with van der Waals surface area (Å²) in [4.78, 5) is 0. The molecular weight excluding hydrogens is 300 g/mol. The predicted octanol–water partition coefficient (Wildman–Crippen LogP) is 6.49. The minimum Gasteiger partial charge on any atom is -0.0843 e. The van der Waals surface area contributed by atoms with Crippen LogP contribution in [0.2, 0.25) is 5.02 Å². The molecule has 0 spiro atoms. The SMILES string of the molecule is Clc1ccc(/C=C/C=C(c2ccccc2)c2ccccc2)cc1. The van der Waals surface area contributed by atoms with Crippen molar-refractivity contribution in [3.05, 3.63) is 119 Å². The van der Waals surface area contributed by atoms with Gasteiger partial charge in [0, 0.05) is 5.02 Å². The lowest BCUT2D eigenvalue weighted by atomic mass is 9.97. The van der Waals surface area contributed by atoms with Crippen LogP contribution in [0.4, 0.5) is 0 Å². The fourth-order valence-corrected chi connectivity index (χ4v) is 2.55. The molecule has 0 aliphatic carbocycles. The summed E-state index contributed by atoms with van der Waals surface area (Å²) in [6, 6.07) is 28.7. The van der Waals surface area contributed by atoms with E-state index in [9.17, 15) is 0 Å². The van der Waals surface area contributed by atoms with Crippen LogP contribution in [0.1, 0.15) is 16.7 Å². The van der Waals surface area contributed by atoms with E-state index in [0.717, 1.165) is 10.6 Å². The van der Waals surface area contributed by atoms with Gasteiger partial charge in [-0.3, -0.25) is 0 Å². The molecule has 3 aromatic carbocycles. The van der Waals surface area contributed by atoms with Crippen LogP contribution in [0.25, 0.3) is 11.6 Å². The maximum atomic E-state index is 5.92. The molecule has 0 saturated heterocycles. The minimum atomic E-state index is 0.756. The van der Waals surface area contributed by atoms with Gasteiger partial charge in [0.05, 0.1) is 0 Å². The smallest absolute Gasteiger partial charge is 0.0406 e. The molecule has 0 heterocycles. The highest BCUT2D eigenvalue weighted by molar-refractivity contribution is 6.30. The molecule has 0 N–H and O–H groups in total. The zero-order chi connectivity index (χ0) is 15.9. The second-order valence-electron chi connectivity index (χ2n) is 5.22. The zero-order valence-electron chi connectivity index (χ0n) is 12.7. The van der Waals surface area contributed by atoms with Crippen LogP contribution < -0.4 is 0 Å². The van der Waals surface area contributed by atoms with Crippen molar-refractivity contribution in [3.8, 4) is 0 Å². The molecule has 3 rings (SSSR count). The average molecular weight is 317 g/mol. The summed E-state index contributed by atoms with van der Waals surface area (Å²) in [5.74, 6) is 0. The Balaban J connectivity index is 1.93. The summed E-state index contributed by atoms with van der Waals surface area (Å²) in [6.07, 6.45) is 6.32. The Kier molecular flexibility index (Phi) is 5.08. The Bertz CT molecular complexity index is 756. The number of hydrogen-bond donors (Lipinski definition) is 0. The Labute approximate surface area is 142 Å². The summed E-state index contributed by atoms with van der Waals surface area (Å²) < 4.78 is 0. The summed E-state index contributed by atoms with van der Waals surface area (Å²) in [7, 11) is 0. The van der Waals surface area contributed by atoms with Crippen LogP contribution in [-0.4, -0.2) is 0 Å². The molecular formula is C22H17Cl. The van der Waals surface area contributed by atoms with Crippen molar-refractivity contribution in [2.75, 3.05) is 0 Å². The van der Waals surface area contributed by atoms with Crippen molar-refractivity contribution < 1.29 is 0 Å². The van der Waals surface area contributed by atoms with Crippen LogP contribution in [0.15, 0.2) is 97.1 Å². The van der Waals surface area contributed by atoms with Gasteiger partial charge < -0.3 is 0 Å². The van der Waals surface area contributed by atoms with Gasteiger partial charge in [0.25, 0.3) is 0 Å². The summed E-state index contributed by atoms with van der Waals surface area (Å²) >= 11 is 5.92. The maximum absolute atomic E-state index is 5.92. The number of halogens is 1. The van der Waals surface area contributed by atoms with E-state index in [4.69, 9.17) is 11.6 Å². The monoisotopic (exact) mass is 316 g/mol. The first-order valence-electron chi connectivity index (χ1n) is 7.58. The molecule has 0 radical (unpaired) electrons. The molecule has 0 nitrogen and oxygen atoms in total. The third kappa shape index (κ3) is 4.21. The van der Waals surface area contributed by atoms with E-state index in [1.807, 2.05) is 36.4 Å².